The molecule has 4 N–H and O–H groups in total. The Balaban J connectivity index is 1.54. The molecule has 7 nitrogen and oxygen atoms in total. The Hall–Kier alpha value is -1.67. The molecule has 1 aromatic carbocycles. The van der Waals surface area contributed by atoms with Crippen molar-refractivity contribution in [3.05, 3.63) is 29.8 Å². The lowest BCUT2D eigenvalue weighted by Crippen LogP contribution is -2.50. The van der Waals surface area contributed by atoms with Crippen LogP contribution in [0, 0.1) is 5.92 Å². The first-order valence-electron chi connectivity index (χ1n) is 8.60. The summed E-state index contributed by atoms with van der Waals surface area (Å²) in [5, 5.41) is 0. The Labute approximate surface area is 143 Å². The zero-order valence-corrected chi connectivity index (χ0v) is 14.3. The number of hydrogen-bond acceptors (Lipinski definition) is 6. The van der Waals surface area contributed by atoms with E-state index in [1.165, 1.54) is 5.56 Å². The molecule has 132 valence electrons. The number of nitrogens with zero attached hydrogens (tertiary/aromatic N) is 1. The van der Waals surface area contributed by atoms with E-state index in [9.17, 15) is 4.79 Å². The van der Waals surface area contributed by atoms with Crippen molar-refractivity contribution in [2.45, 2.75) is 38.3 Å². The molecule has 0 saturated carbocycles. The lowest BCUT2D eigenvalue weighted by Gasteiger charge is -2.35. The van der Waals surface area contributed by atoms with Crippen molar-refractivity contribution in [3.63, 3.8) is 0 Å². The molecule has 2 atom stereocenters. The van der Waals surface area contributed by atoms with E-state index in [0.29, 0.717) is 12.3 Å². The molecule has 2 aliphatic rings. The van der Waals surface area contributed by atoms with Crippen molar-refractivity contribution < 1.29 is 9.53 Å². The minimum absolute atomic E-state index is 0.152. The SMILES string of the molecule is COc1ccc(C(C)CC(=O)N2CCCC(C3NNNN3)C2)cc1. The number of amides is 1. The predicted octanol–water partition coefficient (Wildman–Crippen LogP) is 0.871. The van der Waals surface area contributed by atoms with Crippen LogP contribution in [0.5, 0.6) is 5.75 Å². The summed E-state index contributed by atoms with van der Waals surface area (Å²) in [4.78, 5) is 14.7. The maximum atomic E-state index is 12.7. The molecule has 2 saturated heterocycles. The third-order valence-corrected chi connectivity index (χ3v) is 4.97. The lowest BCUT2D eigenvalue weighted by molar-refractivity contribution is -0.133. The second kappa shape index (κ2) is 7.94. The largest absolute Gasteiger partial charge is 0.497 e. The van der Waals surface area contributed by atoms with Crippen LogP contribution in [0.4, 0.5) is 0 Å². The number of benzene rings is 1. The van der Waals surface area contributed by atoms with Crippen LogP contribution < -0.4 is 26.7 Å². The van der Waals surface area contributed by atoms with Crippen LogP contribution >= 0.6 is 0 Å². The third-order valence-electron chi connectivity index (χ3n) is 4.97. The summed E-state index contributed by atoms with van der Waals surface area (Å²) in [5.41, 5.74) is 13.2. The molecule has 7 heteroatoms. The van der Waals surface area contributed by atoms with E-state index >= 15 is 0 Å². The molecule has 2 aliphatic heterocycles. The normalized spacial score (nSPS) is 23.2. The summed E-state index contributed by atoms with van der Waals surface area (Å²) in [5.74, 6) is 1.69. The van der Waals surface area contributed by atoms with Gasteiger partial charge in [0.15, 0.2) is 0 Å². The second-order valence-corrected chi connectivity index (χ2v) is 6.64. The highest BCUT2D eigenvalue weighted by atomic mass is 16.5. The van der Waals surface area contributed by atoms with Gasteiger partial charge in [0.2, 0.25) is 5.91 Å². The van der Waals surface area contributed by atoms with Crippen molar-refractivity contribution in [2.75, 3.05) is 20.2 Å². The fourth-order valence-corrected chi connectivity index (χ4v) is 3.45. The summed E-state index contributed by atoms with van der Waals surface area (Å²) in [6, 6.07) is 7.98. The first-order valence-corrected chi connectivity index (χ1v) is 8.60. The highest BCUT2D eigenvalue weighted by Crippen LogP contribution is 2.25. The number of ether oxygens (including phenoxy) is 1. The van der Waals surface area contributed by atoms with Crippen LogP contribution in [-0.2, 0) is 4.79 Å². The third kappa shape index (κ3) is 4.05. The smallest absolute Gasteiger partial charge is 0.223 e. The first kappa shape index (κ1) is 17.2. The molecule has 1 aromatic rings. The number of piperidine rings is 1. The molecule has 0 aliphatic carbocycles. The van der Waals surface area contributed by atoms with Gasteiger partial charge in [-0.3, -0.25) is 4.79 Å². The van der Waals surface area contributed by atoms with Gasteiger partial charge in [-0.1, -0.05) is 19.1 Å². The van der Waals surface area contributed by atoms with Crippen LogP contribution in [-0.4, -0.2) is 37.2 Å². The second-order valence-electron chi connectivity index (χ2n) is 6.64. The van der Waals surface area contributed by atoms with Gasteiger partial charge in [-0.2, -0.15) is 11.1 Å². The minimum atomic E-state index is 0.152. The van der Waals surface area contributed by atoms with E-state index in [1.807, 2.05) is 29.2 Å². The molecule has 1 amide bonds. The first-order chi connectivity index (χ1) is 11.7. The Kier molecular flexibility index (Phi) is 5.68. The number of methoxy groups -OCH3 is 1. The number of nitrogens with one attached hydrogen (secondary N) is 4. The van der Waals surface area contributed by atoms with Crippen molar-refractivity contribution in [2.24, 2.45) is 5.92 Å². The van der Waals surface area contributed by atoms with E-state index in [0.717, 1.165) is 31.7 Å². The number of likely N-dealkylation sites (tertiary alicyclic amines) is 1. The van der Waals surface area contributed by atoms with Crippen LogP contribution in [0.15, 0.2) is 24.3 Å². The van der Waals surface area contributed by atoms with Crippen molar-refractivity contribution in [1.82, 2.24) is 26.8 Å². The number of carbonyl (C=O) groups is 1. The van der Waals surface area contributed by atoms with Crippen LogP contribution in [0.25, 0.3) is 0 Å². The molecule has 2 fully saturated rings. The average molecular weight is 333 g/mol. The van der Waals surface area contributed by atoms with Gasteiger partial charge in [0, 0.05) is 25.4 Å². The molecule has 0 spiro atoms. The van der Waals surface area contributed by atoms with Gasteiger partial charge in [0.1, 0.15) is 5.75 Å². The molecule has 24 heavy (non-hydrogen) atoms. The van der Waals surface area contributed by atoms with Gasteiger partial charge in [-0.15, -0.1) is 0 Å². The molecule has 2 heterocycles. The van der Waals surface area contributed by atoms with E-state index < -0.39 is 0 Å². The fourth-order valence-electron chi connectivity index (χ4n) is 3.45. The van der Waals surface area contributed by atoms with Gasteiger partial charge in [0.05, 0.1) is 13.3 Å². The Bertz CT molecular complexity index is 544. The van der Waals surface area contributed by atoms with Crippen molar-refractivity contribution >= 4 is 5.91 Å². The molecule has 0 bridgehead atoms. The van der Waals surface area contributed by atoms with Gasteiger partial charge in [-0.05, 0) is 36.5 Å². The Morgan fingerprint density at radius 1 is 1.29 bits per heavy atom. The maximum Gasteiger partial charge on any atom is 0.223 e. The average Bonchev–Trinajstić information content (AvgIpc) is 3.16. The summed E-state index contributed by atoms with van der Waals surface area (Å²) >= 11 is 0. The van der Waals surface area contributed by atoms with Crippen LogP contribution in [0.3, 0.4) is 0 Å². The van der Waals surface area contributed by atoms with Gasteiger partial charge < -0.3 is 9.64 Å². The zero-order valence-electron chi connectivity index (χ0n) is 14.3. The molecule has 0 aromatic heterocycles. The van der Waals surface area contributed by atoms with E-state index in [2.05, 4.69) is 28.8 Å². The zero-order chi connectivity index (χ0) is 16.9. The van der Waals surface area contributed by atoms with Crippen LogP contribution in [0.1, 0.15) is 37.7 Å². The Morgan fingerprint density at radius 3 is 2.67 bits per heavy atom. The summed E-state index contributed by atoms with van der Waals surface area (Å²) in [6.07, 6.45) is 2.86. The van der Waals surface area contributed by atoms with E-state index in [-0.39, 0.29) is 18.0 Å². The molecular weight excluding hydrogens is 306 g/mol. The van der Waals surface area contributed by atoms with Gasteiger partial charge in [0.25, 0.3) is 0 Å². The molecule has 3 rings (SSSR count). The fraction of sp³-hybridized carbons (Fsp3) is 0.588. The van der Waals surface area contributed by atoms with Crippen LogP contribution in [0.2, 0.25) is 0 Å². The molecule has 2 unspecified atom stereocenters. The van der Waals surface area contributed by atoms with Crippen molar-refractivity contribution in [1.29, 1.82) is 0 Å². The highest BCUT2D eigenvalue weighted by Gasteiger charge is 2.31. The van der Waals surface area contributed by atoms with E-state index in [4.69, 9.17) is 4.74 Å². The lowest BCUT2D eigenvalue weighted by atomic mass is 9.93. The van der Waals surface area contributed by atoms with Gasteiger partial charge in [-0.25, -0.2) is 10.9 Å². The standard InChI is InChI=1S/C17H27N5O2/c1-12(13-5-7-15(24-2)8-6-13)10-16(23)22-9-3-4-14(11-22)17-18-20-21-19-17/h5-8,12,14,17-21H,3-4,9-11H2,1-2H3. The minimum Gasteiger partial charge on any atom is -0.497 e. The quantitative estimate of drug-likeness (QED) is 0.641. The summed E-state index contributed by atoms with van der Waals surface area (Å²) in [6.45, 7) is 3.76. The Morgan fingerprint density at radius 2 is 2.00 bits per heavy atom. The molecule has 0 radical (unpaired) electrons. The summed E-state index contributed by atoms with van der Waals surface area (Å²) in [7, 11) is 1.66. The molecular formula is C17H27N5O2. The highest BCUT2D eigenvalue weighted by molar-refractivity contribution is 5.77. The monoisotopic (exact) mass is 333 g/mol. The van der Waals surface area contributed by atoms with E-state index in [1.54, 1.807) is 7.11 Å². The van der Waals surface area contributed by atoms with Gasteiger partial charge >= 0.3 is 0 Å². The van der Waals surface area contributed by atoms with Crippen molar-refractivity contribution in [3.8, 4) is 5.75 Å². The number of carbonyl (C=O) groups excluding carboxylic acids is 1. The topological polar surface area (TPSA) is 77.7 Å². The number of rotatable bonds is 5. The number of hydrazine groups is 3. The number of hydrogen-bond donors (Lipinski definition) is 4. The predicted molar refractivity (Wildman–Crippen MR) is 91.7 cm³/mol. The maximum absolute atomic E-state index is 12.7. The summed E-state index contributed by atoms with van der Waals surface area (Å²) < 4.78 is 5.19.